The van der Waals surface area contributed by atoms with Crippen LogP contribution in [0.3, 0.4) is 0 Å². The van der Waals surface area contributed by atoms with Gasteiger partial charge in [-0.05, 0) is 50.9 Å². The van der Waals surface area contributed by atoms with E-state index in [9.17, 15) is 13.2 Å². The van der Waals surface area contributed by atoms with Crippen LogP contribution in [0.15, 0.2) is 12.3 Å². The van der Waals surface area contributed by atoms with E-state index in [0.29, 0.717) is 42.6 Å². The van der Waals surface area contributed by atoms with Gasteiger partial charge in [0.2, 0.25) is 0 Å². The third-order valence-electron chi connectivity index (χ3n) is 8.01. The number of fused-ring (bicyclic) bond motifs is 1. The summed E-state index contributed by atoms with van der Waals surface area (Å²) in [4.78, 5) is 21.7. The molecule has 1 atom stereocenters. The fourth-order valence-corrected chi connectivity index (χ4v) is 5.89. The molecule has 204 valence electrons. The predicted molar refractivity (Wildman–Crippen MR) is 133 cm³/mol. The molecule has 3 aromatic heterocycles. The first kappa shape index (κ1) is 25.1. The average molecular weight is 533 g/mol. The molecule has 3 aliphatic heterocycles. The van der Waals surface area contributed by atoms with E-state index in [1.54, 1.807) is 18.0 Å². The van der Waals surface area contributed by atoms with Crippen molar-refractivity contribution in [2.24, 2.45) is 5.41 Å². The van der Waals surface area contributed by atoms with Crippen LogP contribution < -0.4 is 14.5 Å². The van der Waals surface area contributed by atoms with Crippen LogP contribution in [-0.4, -0.2) is 69.6 Å². The van der Waals surface area contributed by atoms with Crippen LogP contribution in [0.1, 0.15) is 56.3 Å². The second kappa shape index (κ2) is 9.51. The molecule has 6 rings (SSSR count). The van der Waals surface area contributed by atoms with Crippen molar-refractivity contribution in [1.82, 2.24) is 29.7 Å². The number of hydrogen-bond acceptors (Lipinski definition) is 9. The maximum atomic E-state index is 13.3. The summed E-state index contributed by atoms with van der Waals surface area (Å²) >= 11 is 0. The van der Waals surface area contributed by atoms with Crippen molar-refractivity contribution in [3.8, 4) is 5.88 Å². The van der Waals surface area contributed by atoms with Crippen molar-refractivity contribution in [3.63, 3.8) is 0 Å². The highest BCUT2D eigenvalue weighted by Gasteiger charge is 2.42. The number of methoxy groups -OCH3 is 1. The SMILES string of the molecule is COc1nn(C2CCCCO2)c2nc(N3CCC4(CCN(c5cc(C(F)(F)F)nc(C)n5)C4)CC3)cnc12. The van der Waals surface area contributed by atoms with Gasteiger partial charge < -0.3 is 19.3 Å². The Bertz CT molecular complexity index is 1320. The molecule has 10 nitrogen and oxygen atoms in total. The number of alkyl halides is 3. The number of halogens is 3. The molecule has 0 saturated carbocycles. The molecule has 0 N–H and O–H groups in total. The van der Waals surface area contributed by atoms with Crippen molar-refractivity contribution in [2.45, 2.75) is 57.9 Å². The molecule has 1 spiro atoms. The highest BCUT2D eigenvalue weighted by molar-refractivity contribution is 5.78. The Morgan fingerprint density at radius 3 is 2.47 bits per heavy atom. The number of piperidine rings is 1. The first-order chi connectivity index (χ1) is 18.2. The molecule has 3 saturated heterocycles. The quantitative estimate of drug-likeness (QED) is 0.491. The van der Waals surface area contributed by atoms with Gasteiger partial charge in [-0.3, -0.25) is 0 Å². The molecule has 3 aromatic rings. The largest absolute Gasteiger partial charge is 0.478 e. The lowest BCUT2D eigenvalue weighted by molar-refractivity contribution is -0.141. The number of ether oxygens (including phenoxy) is 2. The minimum absolute atomic E-state index is 0.0339. The zero-order valence-electron chi connectivity index (χ0n) is 21.5. The minimum Gasteiger partial charge on any atom is -0.478 e. The number of aromatic nitrogens is 6. The molecule has 0 amide bonds. The number of aryl methyl sites for hydroxylation is 1. The molecule has 1 unspecified atom stereocenters. The molecule has 3 aliphatic rings. The zero-order chi connectivity index (χ0) is 26.5. The molecule has 13 heteroatoms. The van der Waals surface area contributed by atoms with Crippen LogP contribution in [0, 0.1) is 12.3 Å². The summed E-state index contributed by atoms with van der Waals surface area (Å²) in [5, 5.41) is 4.58. The maximum Gasteiger partial charge on any atom is 0.433 e. The Balaban J connectivity index is 1.18. The Morgan fingerprint density at radius 2 is 1.79 bits per heavy atom. The average Bonchev–Trinajstić information content (AvgIpc) is 3.50. The van der Waals surface area contributed by atoms with Gasteiger partial charge in [0, 0.05) is 38.9 Å². The first-order valence-electron chi connectivity index (χ1n) is 13.1. The topological polar surface area (TPSA) is 94.3 Å². The van der Waals surface area contributed by atoms with Crippen molar-refractivity contribution >= 4 is 22.8 Å². The van der Waals surface area contributed by atoms with Crippen molar-refractivity contribution in [1.29, 1.82) is 0 Å². The highest BCUT2D eigenvalue weighted by atomic mass is 19.4. The lowest BCUT2D eigenvalue weighted by atomic mass is 9.78. The Labute approximate surface area is 218 Å². The molecule has 0 bridgehead atoms. The predicted octanol–water partition coefficient (Wildman–Crippen LogP) is 4.15. The maximum absolute atomic E-state index is 13.3. The van der Waals surface area contributed by atoms with Crippen molar-refractivity contribution < 1.29 is 22.6 Å². The van der Waals surface area contributed by atoms with Gasteiger partial charge in [-0.1, -0.05) is 0 Å². The lowest BCUT2D eigenvalue weighted by Gasteiger charge is -2.39. The molecule has 6 heterocycles. The summed E-state index contributed by atoms with van der Waals surface area (Å²) in [6.07, 6.45) is 2.80. The van der Waals surface area contributed by atoms with Gasteiger partial charge in [0.1, 0.15) is 23.2 Å². The van der Waals surface area contributed by atoms with Crippen LogP contribution in [0.4, 0.5) is 24.8 Å². The zero-order valence-corrected chi connectivity index (χ0v) is 21.5. The van der Waals surface area contributed by atoms with Gasteiger partial charge in [0.25, 0.3) is 5.88 Å². The second-order valence-corrected chi connectivity index (χ2v) is 10.5. The van der Waals surface area contributed by atoms with Gasteiger partial charge in [-0.2, -0.15) is 13.2 Å². The second-order valence-electron chi connectivity index (χ2n) is 10.5. The van der Waals surface area contributed by atoms with E-state index >= 15 is 0 Å². The summed E-state index contributed by atoms with van der Waals surface area (Å²) in [7, 11) is 1.57. The summed E-state index contributed by atoms with van der Waals surface area (Å²) < 4.78 is 53.1. The van der Waals surface area contributed by atoms with Crippen molar-refractivity contribution in [2.75, 3.05) is 49.7 Å². The van der Waals surface area contributed by atoms with Crippen molar-refractivity contribution in [3.05, 3.63) is 23.8 Å². The number of hydrogen-bond donors (Lipinski definition) is 0. The molecular weight excluding hydrogens is 501 g/mol. The highest BCUT2D eigenvalue weighted by Crippen LogP contribution is 2.43. The van der Waals surface area contributed by atoms with E-state index in [-0.39, 0.29) is 17.5 Å². The lowest BCUT2D eigenvalue weighted by Crippen LogP contribution is -2.42. The Hall–Kier alpha value is -3.22. The third-order valence-corrected chi connectivity index (χ3v) is 8.01. The summed E-state index contributed by atoms with van der Waals surface area (Å²) in [6.45, 7) is 5.13. The Morgan fingerprint density at radius 1 is 1.03 bits per heavy atom. The van der Waals surface area contributed by atoms with Crippen LogP contribution in [0.2, 0.25) is 0 Å². The summed E-state index contributed by atoms with van der Waals surface area (Å²) in [6, 6.07) is 1.07. The van der Waals surface area contributed by atoms with Crippen LogP contribution >= 0.6 is 0 Å². The molecule has 3 fully saturated rings. The summed E-state index contributed by atoms with van der Waals surface area (Å²) in [5.74, 6) is 1.70. The molecular formula is C25H31F3N8O2. The smallest absolute Gasteiger partial charge is 0.433 e. The number of anilines is 2. The van der Waals surface area contributed by atoms with E-state index in [4.69, 9.17) is 14.5 Å². The van der Waals surface area contributed by atoms with E-state index < -0.39 is 11.9 Å². The fourth-order valence-electron chi connectivity index (χ4n) is 5.89. The third kappa shape index (κ3) is 4.61. The van der Waals surface area contributed by atoms with Gasteiger partial charge >= 0.3 is 6.18 Å². The summed E-state index contributed by atoms with van der Waals surface area (Å²) in [5.41, 5.74) is 0.410. The number of rotatable bonds is 4. The van der Waals surface area contributed by atoms with Crippen LogP contribution in [0.25, 0.3) is 11.2 Å². The Kier molecular flexibility index (Phi) is 6.28. The minimum atomic E-state index is -4.49. The fraction of sp³-hybridized carbons (Fsp3) is 0.640. The van der Waals surface area contributed by atoms with Crippen LogP contribution in [-0.2, 0) is 10.9 Å². The van der Waals surface area contributed by atoms with Gasteiger partial charge in [-0.25, -0.2) is 24.6 Å². The monoisotopic (exact) mass is 532 g/mol. The van der Waals surface area contributed by atoms with Gasteiger partial charge in [0.05, 0.1) is 13.3 Å². The van der Waals surface area contributed by atoms with Gasteiger partial charge in [0.15, 0.2) is 17.4 Å². The standard InChI is InChI=1S/C25H31F3N8O2/c1-16-30-17(25(26,27)28)13-18(31-16)35-11-8-24(15-35)6-9-34(10-7-24)19-14-29-21-22(32-19)36(33-23(21)37-2)20-5-3-4-12-38-20/h13-14,20H,3-12,15H2,1-2H3. The first-order valence-corrected chi connectivity index (χ1v) is 13.1. The molecule has 38 heavy (non-hydrogen) atoms. The van der Waals surface area contributed by atoms with E-state index in [1.807, 2.05) is 4.90 Å². The van der Waals surface area contributed by atoms with E-state index in [2.05, 4.69) is 25.0 Å². The van der Waals surface area contributed by atoms with Gasteiger partial charge in [-0.15, -0.1) is 5.10 Å². The van der Waals surface area contributed by atoms with E-state index in [1.165, 1.54) is 6.92 Å². The normalized spacial score (nSPS) is 22.0. The van der Waals surface area contributed by atoms with Crippen LogP contribution in [0.5, 0.6) is 5.88 Å². The molecule has 0 aromatic carbocycles. The number of nitrogens with zero attached hydrogens (tertiary/aromatic N) is 8. The molecule has 0 radical (unpaired) electrons. The van der Waals surface area contributed by atoms with E-state index in [0.717, 1.165) is 63.5 Å². The molecule has 0 aliphatic carbocycles.